The fourth-order valence-corrected chi connectivity index (χ4v) is 5.70. The highest BCUT2D eigenvalue weighted by Gasteiger charge is 2.30. The number of hydrogen-bond donors (Lipinski definition) is 2. The molecular formula is C30H31ClN2O6S. The molecule has 3 aromatic carbocycles. The zero-order chi connectivity index (χ0) is 28.7. The van der Waals surface area contributed by atoms with Crippen molar-refractivity contribution in [1.29, 1.82) is 0 Å². The van der Waals surface area contributed by atoms with E-state index in [-0.39, 0.29) is 36.8 Å². The van der Waals surface area contributed by atoms with Crippen molar-refractivity contribution in [1.82, 2.24) is 9.62 Å². The van der Waals surface area contributed by atoms with E-state index in [0.717, 1.165) is 11.1 Å². The van der Waals surface area contributed by atoms with Crippen molar-refractivity contribution in [3.8, 4) is 5.75 Å². The number of rotatable bonds is 10. The first kappa shape index (κ1) is 29.3. The summed E-state index contributed by atoms with van der Waals surface area (Å²) in [5, 5.41) is 9.92. The summed E-state index contributed by atoms with van der Waals surface area (Å²) in [6, 6.07) is 17.8. The molecule has 1 aliphatic heterocycles. The SMILES string of the molecule is Cc1ccc(S(=O)(=O)N[C@@H]2CC=CCCN(Cc3cc(CC(=O)O)ccc3OCc3ccc(Cl)cc3)C2=O)cc1. The molecule has 0 radical (unpaired) electrons. The van der Waals surface area contributed by atoms with Gasteiger partial charge in [-0.25, -0.2) is 8.42 Å². The summed E-state index contributed by atoms with van der Waals surface area (Å²) < 4.78 is 34.8. The van der Waals surface area contributed by atoms with Crippen molar-refractivity contribution >= 4 is 33.5 Å². The predicted octanol–water partition coefficient (Wildman–Crippen LogP) is 4.88. The van der Waals surface area contributed by atoms with E-state index < -0.39 is 22.0 Å². The van der Waals surface area contributed by atoms with Crippen molar-refractivity contribution < 1.29 is 27.9 Å². The fourth-order valence-electron chi connectivity index (χ4n) is 4.37. The third-order valence-electron chi connectivity index (χ3n) is 6.49. The highest BCUT2D eigenvalue weighted by molar-refractivity contribution is 7.89. The van der Waals surface area contributed by atoms with Crippen LogP contribution in [0.2, 0.25) is 5.02 Å². The van der Waals surface area contributed by atoms with Gasteiger partial charge in [-0.2, -0.15) is 4.72 Å². The van der Waals surface area contributed by atoms with Crippen LogP contribution in [0, 0.1) is 6.92 Å². The molecule has 40 heavy (non-hydrogen) atoms. The van der Waals surface area contributed by atoms with Gasteiger partial charge in [-0.1, -0.05) is 59.6 Å². The quantitative estimate of drug-likeness (QED) is 0.329. The Balaban J connectivity index is 1.58. The molecule has 4 rings (SSSR count). The van der Waals surface area contributed by atoms with Gasteiger partial charge >= 0.3 is 5.97 Å². The third-order valence-corrected chi connectivity index (χ3v) is 8.23. The van der Waals surface area contributed by atoms with Crippen molar-refractivity contribution in [2.45, 2.75) is 50.3 Å². The van der Waals surface area contributed by atoms with Crippen LogP contribution >= 0.6 is 11.6 Å². The van der Waals surface area contributed by atoms with E-state index in [1.807, 2.05) is 31.2 Å². The molecule has 3 aromatic rings. The number of amides is 1. The van der Waals surface area contributed by atoms with Crippen LogP contribution in [-0.2, 0) is 39.2 Å². The maximum Gasteiger partial charge on any atom is 0.307 e. The topological polar surface area (TPSA) is 113 Å². The van der Waals surface area contributed by atoms with E-state index in [1.54, 1.807) is 47.4 Å². The number of nitrogens with one attached hydrogen (secondary N) is 1. The average Bonchev–Trinajstić information content (AvgIpc) is 2.90. The lowest BCUT2D eigenvalue weighted by atomic mass is 10.0. The Kier molecular flexibility index (Phi) is 9.63. The summed E-state index contributed by atoms with van der Waals surface area (Å²) in [5.41, 5.74) is 3.01. The molecule has 0 aromatic heterocycles. The lowest BCUT2D eigenvalue weighted by molar-refractivity contribution is -0.136. The molecule has 10 heteroatoms. The Morgan fingerprint density at radius 3 is 2.45 bits per heavy atom. The molecular weight excluding hydrogens is 552 g/mol. The minimum atomic E-state index is -3.94. The van der Waals surface area contributed by atoms with Gasteiger partial charge in [0.15, 0.2) is 0 Å². The zero-order valence-electron chi connectivity index (χ0n) is 22.0. The zero-order valence-corrected chi connectivity index (χ0v) is 23.6. The van der Waals surface area contributed by atoms with Crippen LogP contribution in [-0.4, -0.2) is 42.9 Å². The molecule has 8 nitrogen and oxygen atoms in total. The summed E-state index contributed by atoms with van der Waals surface area (Å²) in [4.78, 5) is 26.7. The number of carbonyl (C=O) groups is 2. The Hall–Kier alpha value is -3.66. The molecule has 1 heterocycles. The Morgan fingerprint density at radius 2 is 1.75 bits per heavy atom. The van der Waals surface area contributed by atoms with Gasteiger partial charge in [-0.15, -0.1) is 0 Å². The number of carboxylic acids is 1. The van der Waals surface area contributed by atoms with E-state index in [9.17, 15) is 23.1 Å². The molecule has 1 atom stereocenters. The van der Waals surface area contributed by atoms with Gasteiger partial charge in [-0.05, 0) is 67.3 Å². The lowest BCUT2D eigenvalue weighted by Gasteiger charge is -2.29. The summed E-state index contributed by atoms with van der Waals surface area (Å²) in [6.45, 7) is 2.60. The summed E-state index contributed by atoms with van der Waals surface area (Å²) in [5.74, 6) is -0.836. The number of aryl methyl sites for hydroxylation is 1. The van der Waals surface area contributed by atoms with Crippen LogP contribution in [0.1, 0.15) is 35.1 Å². The molecule has 1 amide bonds. The van der Waals surface area contributed by atoms with Crippen LogP contribution in [0.25, 0.3) is 0 Å². The van der Waals surface area contributed by atoms with E-state index >= 15 is 0 Å². The maximum absolute atomic E-state index is 13.7. The second-order valence-corrected chi connectivity index (χ2v) is 11.8. The van der Waals surface area contributed by atoms with Crippen molar-refractivity contribution in [3.05, 3.63) is 106 Å². The number of halogens is 1. The molecule has 0 bridgehead atoms. The van der Waals surface area contributed by atoms with Crippen LogP contribution in [0.5, 0.6) is 5.75 Å². The smallest absolute Gasteiger partial charge is 0.307 e. The molecule has 0 spiro atoms. The number of carbonyl (C=O) groups excluding carboxylic acids is 1. The number of benzene rings is 3. The molecule has 0 saturated carbocycles. The minimum Gasteiger partial charge on any atom is -0.489 e. The molecule has 0 aliphatic carbocycles. The highest BCUT2D eigenvalue weighted by Crippen LogP contribution is 2.25. The minimum absolute atomic E-state index is 0.0859. The number of ether oxygens (including phenoxy) is 1. The second kappa shape index (κ2) is 13.1. The standard InChI is InChI=1S/C30H31ClN2O6S/c1-21-6-13-26(14-7-21)40(37,38)32-27-5-3-2-4-16-33(30(27)36)19-24-17-23(18-29(34)35)10-15-28(24)39-20-22-8-11-25(31)12-9-22/h2-3,6-15,17,27,32H,4-5,16,18-20H2,1H3,(H,34,35)/t27-/m1/s1. The van der Waals surface area contributed by atoms with Crippen LogP contribution in [0.3, 0.4) is 0 Å². The number of sulfonamides is 1. The Labute approximate surface area is 239 Å². The molecule has 0 unspecified atom stereocenters. The number of carboxylic acid groups (broad SMARTS) is 1. The van der Waals surface area contributed by atoms with Crippen LogP contribution in [0.15, 0.2) is 83.8 Å². The van der Waals surface area contributed by atoms with Gasteiger partial charge in [0.25, 0.3) is 0 Å². The van der Waals surface area contributed by atoms with Gasteiger partial charge in [0.2, 0.25) is 15.9 Å². The molecule has 210 valence electrons. The van der Waals surface area contributed by atoms with Crippen molar-refractivity contribution in [2.75, 3.05) is 6.54 Å². The highest BCUT2D eigenvalue weighted by atomic mass is 35.5. The van der Waals surface area contributed by atoms with E-state index in [4.69, 9.17) is 16.3 Å². The average molecular weight is 583 g/mol. The molecule has 0 saturated heterocycles. The van der Waals surface area contributed by atoms with E-state index in [1.165, 1.54) is 12.1 Å². The third kappa shape index (κ3) is 7.94. The largest absolute Gasteiger partial charge is 0.489 e. The van der Waals surface area contributed by atoms with Gasteiger partial charge < -0.3 is 14.7 Å². The Bertz CT molecular complexity index is 1490. The van der Waals surface area contributed by atoms with Crippen molar-refractivity contribution in [3.63, 3.8) is 0 Å². The summed E-state index contributed by atoms with van der Waals surface area (Å²) >= 11 is 5.98. The number of hydrogen-bond acceptors (Lipinski definition) is 5. The van der Waals surface area contributed by atoms with E-state index in [0.29, 0.717) is 34.9 Å². The Morgan fingerprint density at radius 1 is 1.05 bits per heavy atom. The lowest BCUT2D eigenvalue weighted by Crippen LogP contribution is -2.48. The van der Waals surface area contributed by atoms with Gasteiger partial charge in [0, 0.05) is 23.7 Å². The van der Waals surface area contributed by atoms with Gasteiger partial charge in [-0.3, -0.25) is 9.59 Å². The maximum atomic E-state index is 13.7. The monoisotopic (exact) mass is 582 g/mol. The normalized spacial score (nSPS) is 15.9. The first-order valence-corrected chi connectivity index (χ1v) is 14.7. The molecule has 1 aliphatic rings. The van der Waals surface area contributed by atoms with E-state index in [2.05, 4.69) is 4.72 Å². The van der Waals surface area contributed by atoms with Crippen LogP contribution in [0.4, 0.5) is 0 Å². The predicted molar refractivity (Wildman–Crippen MR) is 153 cm³/mol. The first-order valence-electron chi connectivity index (χ1n) is 12.8. The fraction of sp³-hybridized carbons (Fsp3) is 0.267. The number of nitrogens with zero attached hydrogens (tertiary/aromatic N) is 1. The van der Waals surface area contributed by atoms with Gasteiger partial charge in [0.05, 0.1) is 11.3 Å². The summed E-state index contributed by atoms with van der Waals surface area (Å²) in [6.07, 6.45) is 4.36. The first-order chi connectivity index (χ1) is 19.1. The van der Waals surface area contributed by atoms with Crippen LogP contribution < -0.4 is 9.46 Å². The molecule has 2 N–H and O–H groups in total. The summed E-state index contributed by atoms with van der Waals surface area (Å²) in [7, 11) is -3.94. The van der Waals surface area contributed by atoms with Gasteiger partial charge in [0.1, 0.15) is 18.4 Å². The van der Waals surface area contributed by atoms with Crippen molar-refractivity contribution in [2.24, 2.45) is 0 Å². The number of aliphatic carboxylic acids is 1. The molecule has 0 fully saturated rings. The second-order valence-electron chi connectivity index (χ2n) is 9.67.